The zero-order valence-electron chi connectivity index (χ0n) is 16.0. The summed E-state index contributed by atoms with van der Waals surface area (Å²) in [5.41, 5.74) is 0. The Hall–Kier alpha value is -1.98. The van der Waals surface area contributed by atoms with Crippen LogP contribution in [0.4, 0.5) is 0 Å². The third-order valence-electron chi connectivity index (χ3n) is 4.59. The highest BCUT2D eigenvalue weighted by atomic mass is 16.4. The molecule has 5 nitrogen and oxygen atoms in total. The van der Waals surface area contributed by atoms with Crippen LogP contribution < -0.4 is 0 Å². The molecule has 0 aromatic heterocycles. The SMILES string of the molecule is CC/C=C\C/C=C\C[C@H](O)/C=C/[C@H]1[C@H](O)CC(=O)[C@H]1C/C=C\CCC(=O)O. The first-order chi connectivity index (χ1) is 13.0. The number of ketones is 1. The molecule has 0 heterocycles. The highest BCUT2D eigenvalue weighted by Gasteiger charge is 2.39. The van der Waals surface area contributed by atoms with Gasteiger partial charge in [0.15, 0.2) is 0 Å². The lowest BCUT2D eigenvalue weighted by Gasteiger charge is -2.16. The van der Waals surface area contributed by atoms with Crippen LogP contribution in [-0.4, -0.2) is 39.3 Å². The van der Waals surface area contributed by atoms with Crippen LogP contribution in [0.15, 0.2) is 48.6 Å². The lowest BCUT2D eigenvalue weighted by Crippen LogP contribution is -2.18. The number of allylic oxidation sites excluding steroid dienone is 5. The lowest BCUT2D eigenvalue weighted by atomic mass is 9.90. The van der Waals surface area contributed by atoms with E-state index < -0.39 is 18.2 Å². The third-order valence-corrected chi connectivity index (χ3v) is 4.59. The number of rotatable bonds is 12. The van der Waals surface area contributed by atoms with E-state index in [9.17, 15) is 19.8 Å². The van der Waals surface area contributed by atoms with E-state index >= 15 is 0 Å². The maximum Gasteiger partial charge on any atom is 0.303 e. The second-order valence-corrected chi connectivity index (χ2v) is 6.84. The Morgan fingerprint density at radius 3 is 2.63 bits per heavy atom. The highest BCUT2D eigenvalue weighted by Crippen LogP contribution is 2.33. The predicted molar refractivity (Wildman–Crippen MR) is 106 cm³/mol. The molecule has 1 rings (SSSR count). The Morgan fingerprint density at radius 1 is 1.19 bits per heavy atom. The normalized spacial score (nSPS) is 24.9. The molecule has 0 unspecified atom stereocenters. The zero-order chi connectivity index (χ0) is 20.1. The van der Waals surface area contributed by atoms with E-state index in [0.29, 0.717) is 19.3 Å². The molecular formula is C22H32O5. The summed E-state index contributed by atoms with van der Waals surface area (Å²) in [4.78, 5) is 22.6. The van der Waals surface area contributed by atoms with Gasteiger partial charge >= 0.3 is 5.97 Å². The average Bonchev–Trinajstić information content (AvgIpc) is 2.88. The van der Waals surface area contributed by atoms with Crippen LogP contribution in [0.25, 0.3) is 0 Å². The van der Waals surface area contributed by atoms with Gasteiger partial charge in [-0.1, -0.05) is 55.5 Å². The van der Waals surface area contributed by atoms with Crippen LogP contribution in [0.3, 0.4) is 0 Å². The van der Waals surface area contributed by atoms with Crippen molar-refractivity contribution in [3.63, 3.8) is 0 Å². The van der Waals surface area contributed by atoms with E-state index in [1.165, 1.54) is 0 Å². The fourth-order valence-electron chi connectivity index (χ4n) is 3.10. The third kappa shape index (κ3) is 9.50. The van der Waals surface area contributed by atoms with Gasteiger partial charge in [-0.2, -0.15) is 0 Å². The van der Waals surface area contributed by atoms with Gasteiger partial charge in [0.25, 0.3) is 0 Å². The number of aliphatic hydroxyl groups is 2. The van der Waals surface area contributed by atoms with Crippen molar-refractivity contribution < 1.29 is 24.9 Å². The Bertz CT molecular complexity index is 573. The Kier molecular flexibility index (Phi) is 11.3. The van der Waals surface area contributed by atoms with Gasteiger partial charge < -0.3 is 15.3 Å². The summed E-state index contributed by atoms with van der Waals surface area (Å²) in [5, 5.41) is 28.8. The van der Waals surface area contributed by atoms with Crippen LogP contribution in [0.5, 0.6) is 0 Å². The van der Waals surface area contributed by atoms with E-state index in [1.807, 2.05) is 18.2 Å². The Balaban J connectivity index is 2.50. The van der Waals surface area contributed by atoms with Crippen molar-refractivity contribution in [2.24, 2.45) is 11.8 Å². The molecule has 1 aliphatic rings. The van der Waals surface area contributed by atoms with Crippen LogP contribution in [0.1, 0.15) is 51.9 Å². The molecule has 0 bridgehead atoms. The van der Waals surface area contributed by atoms with Crippen molar-refractivity contribution in [1.29, 1.82) is 0 Å². The number of Topliss-reactive ketones (excluding diaryl/α,β-unsaturated/α-hetero) is 1. The van der Waals surface area contributed by atoms with Gasteiger partial charge in [0.1, 0.15) is 5.78 Å². The number of hydrogen-bond donors (Lipinski definition) is 3. The van der Waals surface area contributed by atoms with Gasteiger partial charge in [0.05, 0.1) is 12.2 Å². The monoisotopic (exact) mass is 376 g/mol. The van der Waals surface area contributed by atoms with Gasteiger partial charge in [-0.05, 0) is 32.1 Å². The molecular weight excluding hydrogens is 344 g/mol. The Labute approximate surface area is 161 Å². The first kappa shape index (κ1) is 23.1. The van der Waals surface area contributed by atoms with Crippen molar-refractivity contribution in [3.05, 3.63) is 48.6 Å². The zero-order valence-corrected chi connectivity index (χ0v) is 16.0. The highest BCUT2D eigenvalue weighted by molar-refractivity contribution is 5.84. The second-order valence-electron chi connectivity index (χ2n) is 6.84. The van der Waals surface area contributed by atoms with Gasteiger partial charge in [0, 0.05) is 24.7 Å². The molecule has 0 spiro atoms. The van der Waals surface area contributed by atoms with E-state index in [4.69, 9.17) is 5.11 Å². The fourth-order valence-corrected chi connectivity index (χ4v) is 3.10. The van der Waals surface area contributed by atoms with Gasteiger partial charge in [-0.25, -0.2) is 0 Å². The second kappa shape index (κ2) is 13.2. The van der Waals surface area contributed by atoms with Crippen molar-refractivity contribution in [2.45, 2.75) is 64.1 Å². The minimum Gasteiger partial charge on any atom is -0.481 e. The van der Waals surface area contributed by atoms with Gasteiger partial charge in [-0.3, -0.25) is 9.59 Å². The number of hydrogen-bond acceptors (Lipinski definition) is 4. The molecule has 5 heteroatoms. The number of carboxylic acids is 1. The van der Waals surface area contributed by atoms with Gasteiger partial charge in [-0.15, -0.1) is 0 Å². The molecule has 1 aliphatic carbocycles. The summed E-state index contributed by atoms with van der Waals surface area (Å²) in [5.74, 6) is -1.47. The summed E-state index contributed by atoms with van der Waals surface area (Å²) in [6.07, 6.45) is 17.1. The average molecular weight is 376 g/mol. The molecule has 27 heavy (non-hydrogen) atoms. The van der Waals surface area contributed by atoms with Crippen LogP contribution in [0.2, 0.25) is 0 Å². The molecule has 1 saturated carbocycles. The van der Waals surface area contributed by atoms with Crippen molar-refractivity contribution in [1.82, 2.24) is 0 Å². The number of carboxylic acid groups (broad SMARTS) is 1. The summed E-state index contributed by atoms with van der Waals surface area (Å²) in [6.45, 7) is 2.08. The molecule has 0 aromatic rings. The minimum atomic E-state index is -0.850. The van der Waals surface area contributed by atoms with Crippen molar-refractivity contribution in [3.8, 4) is 0 Å². The van der Waals surface area contributed by atoms with Crippen LogP contribution >= 0.6 is 0 Å². The van der Waals surface area contributed by atoms with E-state index in [-0.39, 0.29) is 30.5 Å². The smallest absolute Gasteiger partial charge is 0.303 e. The summed E-state index contributed by atoms with van der Waals surface area (Å²) in [7, 11) is 0. The van der Waals surface area contributed by atoms with E-state index in [2.05, 4.69) is 19.1 Å². The maximum absolute atomic E-state index is 12.1. The molecule has 0 aromatic carbocycles. The van der Waals surface area contributed by atoms with Crippen molar-refractivity contribution >= 4 is 11.8 Å². The largest absolute Gasteiger partial charge is 0.481 e. The minimum absolute atomic E-state index is 0.0112. The predicted octanol–water partition coefficient (Wildman–Crippen LogP) is 3.58. The number of carbonyl (C=O) groups excluding carboxylic acids is 1. The molecule has 1 fully saturated rings. The molecule has 0 aliphatic heterocycles. The topological polar surface area (TPSA) is 94.8 Å². The molecule has 0 amide bonds. The fraction of sp³-hybridized carbons (Fsp3) is 0.545. The standard InChI is InChI=1S/C22H32O5/c1-2-3-4-5-6-8-11-17(23)14-15-19-18(20(24)16-21(19)25)12-9-7-10-13-22(26)27/h3-4,6-9,14-15,17-19,21,23,25H,2,5,10-13,16H2,1H3,(H,26,27)/b4-3-,8-6-,9-7-,15-14+/t17-,18-,19+,21+/m0/s1. The molecule has 0 radical (unpaired) electrons. The van der Waals surface area contributed by atoms with Crippen molar-refractivity contribution in [2.75, 3.05) is 0 Å². The molecule has 0 saturated heterocycles. The first-order valence-corrected chi connectivity index (χ1v) is 9.69. The summed E-state index contributed by atoms with van der Waals surface area (Å²) < 4.78 is 0. The number of aliphatic carboxylic acids is 1. The lowest BCUT2D eigenvalue weighted by molar-refractivity contribution is -0.136. The molecule has 150 valence electrons. The van der Waals surface area contributed by atoms with Crippen LogP contribution in [-0.2, 0) is 9.59 Å². The number of carbonyl (C=O) groups is 2. The van der Waals surface area contributed by atoms with Gasteiger partial charge in [0.2, 0.25) is 0 Å². The molecule has 4 atom stereocenters. The van der Waals surface area contributed by atoms with E-state index in [1.54, 1.807) is 18.2 Å². The Morgan fingerprint density at radius 2 is 1.93 bits per heavy atom. The quantitative estimate of drug-likeness (QED) is 0.453. The summed E-state index contributed by atoms with van der Waals surface area (Å²) in [6, 6.07) is 0. The first-order valence-electron chi connectivity index (χ1n) is 9.69. The molecule has 3 N–H and O–H groups in total. The maximum atomic E-state index is 12.1. The summed E-state index contributed by atoms with van der Waals surface area (Å²) >= 11 is 0. The number of aliphatic hydroxyl groups excluding tert-OH is 2. The van der Waals surface area contributed by atoms with E-state index in [0.717, 1.165) is 12.8 Å². The van der Waals surface area contributed by atoms with Crippen LogP contribution in [0, 0.1) is 11.8 Å².